The summed E-state index contributed by atoms with van der Waals surface area (Å²) in [5, 5.41) is 17.3. The molecule has 2 aromatic carbocycles. The van der Waals surface area contributed by atoms with E-state index in [9.17, 15) is 19.7 Å². The van der Waals surface area contributed by atoms with E-state index < -0.39 is 10.9 Å². The molecule has 0 bridgehead atoms. The number of carbonyl (C=O) groups is 2. The smallest absolute Gasteiger partial charge is 0.338 e. The van der Waals surface area contributed by atoms with Gasteiger partial charge in [-0.25, -0.2) is 4.79 Å². The molecule has 1 aliphatic carbocycles. The molecule has 1 saturated carbocycles. The summed E-state index contributed by atoms with van der Waals surface area (Å²) >= 11 is 5.37. The number of hydrogen-bond acceptors (Lipinski definition) is 6. The van der Waals surface area contributed by atoms with E-state index in [0.717, 1.165) is 25.7 Å². The Morgan fingerprint density at radius 1 is 1.03 bits per heavy atom. The maximum Gasteiger partial charge on any atom is 0.338 e. The lowest BCUT2D eigenvalue weighted by molar-refractivity contribution is -0.384. The number of nitrogens with zero attached hydrogens (tertiary/aromatic N) is 1. The van der Waals surface area contributed by atoms with Crippen LogP contribution in [0, 0.1) is 10.1 Å². The number of nitro benzene ring substituents is 1. The van der Waals surface area contributed by atoms with Crippen LogP contribution in [0.3, 0.4) is 0 Å². The third-order valence-corrected chi connectivity index (χ3v) is 5.36. The van der Waals surface area contributed by atoms with Gasteiger partial charge in [-0.05, 0) is 62.7 Å². The molecule has 0 unspecified atom stereocenters. The Morgan fingerprint density at radius 2 is 1.65 bits per heavy atom. The first-order chi connectivity index (χ1) is 14.8. The van der Waals surface area contributed by atoms with Gasteiger partial charge in [0.2, 0.25) is 0 Å². The number of benzene rings is 2. The number of carbonyl (C=O) groups excluding carboxylic acids is 2. The van der Waals surface area contributed by atoms with E-state index in [4.69, 9.17) is 17.0 Å². The van der Waals surface area contributed by atoms with Crippen LogP contribution in [0.5, 0.6) is 0 Å². The lowest BCUT2D eigenvalue weighted by Crippen LogP contribution is -2.48. The van der Waals surface area contributed by atoms with Crippen molar-refractivity contribution in [2.45, 2.75) is 44.8 Å². The van der Waals surface area contributed by atoms with Gasteiger partial charge in [0.05, 0.1) is 16.5 Å². The van der Waals surface area contributed by atoms with Gasteiger partial charge < -0.3 is 15.4 Å². The average Bonchev–Trinajstić information content (AvgIpc) is 2.75. The maximum atomic E-state index is 12.6. The highest BCUT2D eigenvalue weighted by molar-refractivity contribution is 7.80. The zero-order valence-corrected chi connectivity index (χ0v) is 17.8. The van der Waals surface area contributed by atoms with Crippen LogP contribution in [0.1, 0.15) is 53.3 Å². The first-order valence-electron chi connectivity index (χ1n) is 9.97. The Bertz CT molecular complexity index is 976. The molecule has 1 aliphatic rings. The minimum atomic E-state index is -0.463. The molecule has 0 saturated heterocycles. The summed E-state index contributed by atoms with van der Waals surface area (Å²) in [6.45, 7) is 1.47. The zero-order chi connectivity index (χ0) is 22.4. The van der Waals surface area contributed by atoms with Gasteiger partial charge in [-0.15, -0.1) is 0 Å². The van der Waals surface area contributed by atoms with Gasteiger partial charge in [-0.2, -0.15) is 0 Å². The first kappa shape index (κ1) is 22.4. The van der Waals surface area contributed by atoms with E-state index in [1.54, 1.807) is 36.4 Å². The third kappa shape index (κ3) is 6.08. The fraction of sp³-hybridized carbons (Fsp3) is 0.318. The molecular formula is C22H23N3O5S. The number of nitro groups is 1. The summed E-state index contributed by atoms with van der Waals surface area (Å²) < 4.78 is 5.73. The van der Waals surface area contributed by atoms with Crippen molar-refractivity contribution < 1.29 is 19.2 Å². The summed E-state index contributed by atoms with van der Waals surface area (Å²) in [7, 11) is 0. The van der Waals surface area contributed by atoms with Crippen LogP contribution in [0.4, 0.5) is 11.4 Å². The number of Topliss-reactive ketones (excluding diaryl/α,β-unsaturated/α-hetero) is 1. The molecule has 0 heterocycles. The van der Waals surface area contributed by atoms with Crippen molar-refractivity contribution in [3.8, 4) is 0 Å². The molecule has 0 amide bonds. The number of esters is 1. The molecule has 3 rings (SSSR count). The molecule has 2 aromatic rings. The van der Waals surface area contributed by atoms with E-state index in [1.165, 1.54) is 19.1 Å². The van der Waals surface area contributed by atoms with Gasteiger partial charge in [0.1, 0.15) is 6.10 Å². The highest BCUT2D eigenvalue weighted by atomic mass is 32.1. The minimum Gasteiger partial charge on any atom is -0.457 e. The molecule has 0 radical (unpaired) electrons. The topological polar surface area (TPSA) is 111 Å². The van der Waals surface area contributed by atoms with E-state index >= 15 is 0 Å². The Morgan fingerprint density at radius 3 is 2.26 bits per heavy atom. The Hall–Kier alpha value is -3.33. The van der Waals surface area contributed by atoms with Gasteiger partial charge in [-0.1, -0.05) is 18.6 Å². The number of nitrogens with one attached hydrogen (secondary N) is 2. The van der Waals surface area contributed by atoms with Crippen LogP contribution >= 0.6 is 12.2 Å². The summed E-state index contributed by atoms with van der Waals surface area (Å²) in [5.74, 6) is -0.506. The third-order valence-electron chi connectivity index (χ3n) is 5.14. The first-order valence-corrected chi connectivity index (χ1v) is 10.4. The standard InChI is InChI=1S/C22H23N3O5S/c1-14(26)15-6-8-16(9-7-15)21(27)30-20-5-3-2-4-19(20)24-22(31)23-17-10-12-18(13-11-17)25(28)29/h6-13,19-20H,2-5H2,1H3,(H2,23,24,31)/t19-,20-/m1/s1. The molecule has 2 N–H and O–H groups in total. The van der Waals surface area contributed by atoms with Crippen molar-refractivity contribution in [2.75, 3.05) is 5.32 Å². The molecular weight excluding hydrogens is 418 g/mol. The number of non-ortho nitro benzene ring substituents is 1. The van der Waals surface area contributed by atoms with Crippen LogP contribution in [0.25, 0.3) is 0 Å². The second-order valence-electron chi connectivity index (χ2n) is 7.37. The minimum absolute atomic E-state index is 0.0000185. The van der Waals surface area contributed by atoms with E-state index in [2.05, 4.69) is 10.6 Å². The Balaban J connectivity index is 1.59. The average molecular weight is 442 g/mol. The fourth-order valence-electron chi connectivity index (χ4n) is 3.45. The molecule has 31 heavy (non-hydrogen) atoms. The predicted molar refractivity (Wildman–Crippen MR) is 120 cm³/mol. The number of ketones is 1. The van der Waals surface area contributed by atoms with Crippen molar-refractivity contribution in [3.05, 3.63) is 69.8 Å². The Labute approximate surface area is 185 Å². The second kappa shape index (κ2) is 10.1. The predicted octanol–water partition coefficient (Wildman–Crippen LogP) is 4.25. The molecule has 0 spiro atoms. The van der Waals surface area contributed by atoms with Crippen molar-refractivity contribution in [2.24, 2.45) is 0 Å². The number of thiocarbonyl (C=S) groups is 1. The SMILES string of the molecule is CC(=O)c1ccc(C(=O)O[C@@H]2CCCC[C@H]2NC(=S)Nc2ccc([N+](=O)[O-])cc2)cc1. The molecule has 162 valence electrons. The highest BCUT2D eigenvalue weighted by Gasteiger charge is 2.29. The van der Waals surface area contributed by atoms with Gasteiger partial charge in [0, 0.05) is 23.4 Å². The molecule has 2 atom stereocenters. The largest absolute Gasteiger partial charge is 0.457 e. The summed E-state index contributed by atoms with van der Waals surface area (Å²) in [6.07, 6.45) is 3.10. The van der Waals surface area contributed by atoms with Gasteiger partial charge >= 0.3 is 5.97 Å². The summed E-state index contributed by atoms with van der Waals surface area (Å²) in [4.78, 5) is 34.3. The number of rotatable bonds is 6. The lowest BCUT2D eigenvalue weighted by Gasteiger charge is -2.32. The van der Waals surface area contributed by atoms with Crippen LogP contribution in [0.15, 0.2) is 48.5 Å². The zero-order valence-electron chi connectivity index (χ0n) is 17.0. The van der Waals surface area contributed by atoms with Gasteiger partial charge in [0.15, 0.2) is 10.9 Å². The maximum absolute atomic E-state index is 12.6. The lowest BCUT2D eigenvalue weighted by atomic mass is 9.92. The van der Waals surface area contributed by atoms with Crippen molar-refractivity contribution in [3.63, 3.8) is 0 Å². The normalized spacial score (nSPS) is 18.0. The van der Waals surface area contributed by atoms with Gasteiger partial charge in [-0.3, -0.25) is 14.9 Å². The monoisotopic (exact) mass is 441 g/mol. The van der Waals surface area contributed by atoms with E-state index in [-0.39, 0.29) is 23.6 Å². The fourth-order valence-corrected chi connectivity index (χ4v) is 3.72. The van der Waals surface area contributed by atoms with E-state index in [1.807, 2.05) is 0 Å². The molecule has 0 aliphatic heterocycles. The van der Waals surface area contributed by atoms with E-state index in [0.29, 0.717) is 21.9 Å². The molecule has 0 aromatic heterocycles. The highest BCUT2D eigenvalue weighted by Crippen LogP contribution is 2.23. The Kier molecular flexibility index (Phi) is 7.30. The quantitative estimate of drug-likeness (QED) is 0.225. The molecule has 1 fully saturated rings. The van der Waals surface area contributed by atoms with Crippen LogP contribution in [-0.2, 0) is 4.74 Å². The number of hydrogen-bond donors (Lipinski definition) is 2. The number of anilines is 1. The van der Waals surface area contributed by atoms with Crippen LogP contribution < -0.4 is 10.6 Å². The molecule has 9 heteroatoms. The summed E-state index contributed by atoms with van der Waals surface area (Å²) in [6, 6.07) is 12.2. The van der Waals surface area contributed by atoms with Crippen LogP contribution in [0.2, 0.25) is 0 Å². The van der Waals surface area contributed by atoms with Crippen molar-refractivity contribution >= 4 is 40.5 Å². The number of ether oxygens (including phenoxy) is 1. The second-order valence-corrected chi connectivity index (χ2v) is 7.78. The summed E-state index contributed by atoms with van der Waals surface area (Å²) in [5.41, 5.74) is 1.55. The molecule has 8 nitrogen and oxygen atoms in total. The van der Waals surface area contributed by atoms with Gasteiger partial charge in [0.25, 0.3) is 5.69 Å². The van der Waals surface area contributed by atoms with Crippen molar-refractivity contribution in [1.29, 1.82) is 0 Å². The van der Waals surface area contributed by atoms with Crippen LogP contribution in [-0.4, -0.2) is 33.9 Å². The van der Waals surface area contributed by atoms with Crippen molar-refractivity contribution in [1.82, 2.24) is 5.32 Å².